The number of furan rings is 3. The molecule has 0 N–H and O–H groups in total. The minimum absolute atomic E-state index is 0.519. The number of fused-ring (bicyclic) bond motifs is 9. The van der Waals surface area contributed by atoms with Crippen LogP contribution in [-0.4, -0.2) is 6.72 Å². The van der Waals surface area contributed by atoms with Gasteiger partial charge in [-0.3, -0.25) is 4.99 Å². The van der Waals surface area contributed by atoms with Crippen LogP contribution in [0.5, 0.6) is 0 Å². The Morgan fingerprint density at radius 3 is 1.79 bits per heavy atom. The van der Waals surface area contributed by atoms with Crippen molar-refractivity contribution in [1.29, 1.82) is 0 Å². The minimum atomic E-state index is 0.519. The topological polar surface area (TPSA) is 51.8 Å². The van der Waals surface area contributed by atoms with Crippen LogP contribution >= 0.6 is 0 Å². The molecule has 9 rings (SSSR count). The zero-order valence-corrected chi connectivity index (χ0v) is 22.6. The Morgan fingerprint density at radius 1 is 0.476 bits per heavy atom. The smallest absolute Gasteiger partial charge is 0.143 e. The zero-order chi connectivity index (χ0) is 27.8. The highest BCUT2D eigenvalue weighted by Crippen LogP contribution is 2.43. The molecule has 198 valence electrons. The Labute approximate surface area is 240 Å². The van der Waals surface area contributed by atoms with E-state index in [0.29, 0.717) is 6.54 Å². The van der Waals surface area contributed by atoms with Crippen molar-refractivity contribution in [3.05, 3.63) is 121 Å². The van der Waals surface area contributed by atoms with Gasteiger partial charge in [0, 0.05) is 37.9 Å². The van der Waals surface area contributed by atoms with Gasteiger partial charge in [0.2, 0.25) is 0 Å². The van der Waals surface area contributed by atoms with Crippen LogP contribution in [0.15, 0.2) is 134 Å². The second-order valence-corrected chi connectivity index (χ2v) is 10.8. The Morgan fingerprint density at radius 2 is 1.07 bits per heavy atom. The van der Waals surface area contributed by atoms with Gasteiger partial charge < -0.3 is 13.3 Å². The monoisotopic (exact) mass is 541 g/mol. The number of aliphatic imine (C=N–C) groups is 1. The number of hydrogen-bond donors (Lipinski definition) is 0. The third kappa shape index (κ3) is 3.32. The number of rotatable bonds is 4. The number of para-hydroxylation sites is 2. The fourth-order valence-corrected chi connectivity index (χ4v) is 6.43. The highest BCUT2D eigenvalue weighted by atomic mass is 16.3. The Balaban J connectivity index is 1.36. The first-order chi connectivity index (χ1) is 20.7. The molecular weight excluding hydrogens is 518 g/mol. The molecule has 42 heavy (non-hydrogen) atoms. The van der Waals surface area contributed by atoms with Crippen LogP contribution in [-0.2, 0) is 6.54 Å². The van der Waals surface area contributed by atoms with Gasteiger partial charge in [-0.2, -0.15) is 0 Å². The molecule has 3 aromatic heterocycles. The molecule has 0 aliphatic carbocycles. The van der Waals surface area contributed by atoms with Crippen molar-refractivity contribution in [2.75, 3.05) is 0 Å². The SMILES string of the molecule is C=NCc1cccc2oc3c(-c4ccc5oc6ccccc6c5c4)cc(-c4ccc5oc6ccccc6c5c4)cc3c12. The van der Waals surface area contributed by atoms with Crippen LogP contribution in [0, 0.1) is 0 Å². The van der Waals surface area contributed by atoms with E-state index in [1.54, 1.807) is 0 Å². The lowest BCUT2D eigenvalue weighted by atomic mass is 9.93. The maximum absolute atomic E-state index is 6.61. The molecule has 0 aliphatic rings. The van der Waals surface area contributed by atoms with E-state index in [4.69, 9.17) is 13.3 Å². The summed E-state index contributed by atoms with van der Waals surface area (Å²) in [5.74, 6) is 0. The maximum Gasteiger partial charge on any atom is 0.143 e. The maximum atomic E-state index is 6.61. The van der Waals surface area contributed by atoms with Crippen molar-refractivity contribution >= 4 is 72.5 Å². The normalized spacial score (nSPS) is 12.0. The largest absolute Gasteiger partial charge is 0.456 e. The van der Waals surface area contributed by atoms with Gasteiger partial charge in [0.05, 0.1) is 6.54 Å². The summed E-state index contributed by atoms with van der Waals surface area (Å²) in [4.78, 5) is 4.21. The van der Waals surface area contributed by atoms with Gasteiger partial charge in [-0.05, 0) is 83.6 Å². The third-order valence-corrected chi connectivity index (χ3v) is 8.36. The van der Waals surface area contributed by atoms with E-state index in [9.17, 15) is 0 Å². The van der Waals surface area contributed by atoms with Crippen LogP contribution in [0.4, 0.5) is 0 Å². The first kappa shape index (κ1) is 23.1. The Hall–Kier alpha value is -5.61. The van der Waals surface area contributed by atoms with Gasteiger partial charge in [-0.25, -0.2) is 0 Å². The molecule has 4 heteroatoms. The second kappa shape index (κ2) is 8.69. The van der Waals surface area contributed by atoms with E-state index in [1.165, 1.54) is 0 Å². The number of benzene rings is 6. The van der Waals surface area contributed by atoms with E-state index in [1.807, 2.05) is 42.5 Å². The second-order valence-electron chi connectivity index (χ2n) is 10.8. The van der Waals surface area contributed by atoms with Crippen LogP contribution in [0.25, 0.3) is 88.1 Å². The molecule has 6 aromatic carbocycles. The van der Waals surface area contributed by atoms with Crippen molar-refractivity contribution in [2.45, 2.75) is 6.54 Å². The van der Waals surface area contributed by atoms with E-state index in [2.05, 4.69) is 84.5 Å². The van der Waals surface area contributed by atoms with Gasteiger partial charge >= 0.3 is 0 Å². The summed E-state index contributed by atoms with van der Waals surface area (Å²) >= 11 is 0. The van der Waals surface area contributed by atoms with Crippen molar-refractivity contribution in [2.24, 2.45) is 4.99 Å². The molecular formula is C38H23NO3. The van der Waals surface area contributed by atoms with Gasteiger partial charge in [0.15, 0.2) is 0 Å². The molecule has 3 heterocycles. The zero-order valence-electron chi connectivity index (χ0n) is 22.6. The van der Waals surface area contributed by atoms with Crippen LogP contribution in [0.1, 0.15) is 5.56 Å². The fourth-order valence-electron chi connectivity index (χ4n) is 6.43. The molecule has 0 unspecified atom stereocenters. The highest BCUT2D eigenvalue weighted by Gasteiger charge is 2.19. The number of nitrogens with zero attached hydrogens (tertiary/aromatic N) is 1. The van der Waals surface area contributed by atoms with Crippen molar-refractivity contribution in [1.82, 2.24) is 0 Å². The molecule has 0 aliphatic heterocycles. The lowest BCUT2D eigenvalue weighted by Crippen LogP contribution is -1.86. The Bertz CT molecular complexity index is 2520. The first-order valence-corrected chi connectivity index (χ1v) is 14.0. The molecule has 4 nitrogen and oxygen atoms in total. The van der Waals surface area contributed by atoms with Crippen LogP contribution in [0.2, 0.25) is 0 Å². The molecule has 0 bridgehead atoms. The van der Waals surface area contributed by atoms with E-state index < -0.39 is 0 Å². The van der Waals surface area contributed by atoms with Crippen molar-refractivity contribution < 1.29 is 13.3 Å². The average molecular weight is 542 g/mol. The van der Waals surface area contributed by atoms with Gasteiger partial charge in [-0.1, -0.05) is 60.7 Å². The minimum Gasteiger partial charge on any atom is -0.456 e. The average Bonchev–Trinajstić information content (AvgIpc) is 3.71. The summed E-state index contributed by atoms with van der Waals surface area (Å²) in [7, 11) is 0. The van der Waals surface area contributed by atoms with Crippen LogP contribution in [0.3, 0.4) is 0 Å². The molecule has 0 saturated carbocycles. The lowest BCUT2D eigenvalue weighted by molar-refractivity contribution is 0.668. The van der Waals surface area contributed by atoms with E-state index in [-0.39, 0.29) is 0 Å². The summed E-state index contributed by atoms with van der Waals surface area (Å²) in [5, 5.41) is 6.54. The molecule has 0 spiro atoms. The van der Waals surface area contributed by atoms with Crippen molar-refractivity contribution in [3.63, 3.8) is 0 Å². The standard InChI is InChI=1S/C38H23NO3/c1-39-21-24-7-6-12-36-37(24)31-20-25(22-13-15-34-29(17-22)26-8-2-4-10-32(26)40-34)19-28(38(31)42-36)23-14-16-35-30(18-23)27-9-3-5-11-33(27)41-35/h2-20H,1,21H2. The van der Waals surface area contributed by atoms with Gasteiger partial charge in [0.1, 0.15) is 33.5 Å². The molecule has 9 aromatic rings. The summed E-state index contributed by atoms with van der Waals surface area (Å²) < 4.78 is 18.9. The lowest BCUT2D eigenvalue weighted by Gasteiger charge is -2.09. The quantitative estimate of drug-likeness (QED) is 0.208. The molecule has 0 radical (unpaired) electrons. The summed E-state index contributed by atoms with van der Waals surface area (Å²) in [6, 6.07) is 39.8. The predicted molar refractivity (Wildman–Crippen MR) is 172 cm³/mol. The van der Waals surface area contributed by atoms with E-state index in [0.717, 1.165) is 93.6 Å². The third-order valence-electron chi connectivity index (χ3n) is 8.36. The van der Waals surface area contributed by atoms with Crippen LogP contribution < -0.4 is 0 Å². The van der Waals surface area contributed by atoms with Crippen molar-refractivity contribution in [3.8, 4) is 22.3 Å². The molecule has 0 atom stereocenters. The van der Waals surface area contributed by atoms with Gasteiger partial charge in [0.25, 0.3) is 0 Å². The molecule has 0 amide bonds. The molecule has 0 fully saturated rings. The van der Waals surface area contributed by atoms with Gasteiger partial charge in [-0.15, -0.1) is 0 Å². The predicted octanol–water partition coefficient (Wildman–Crippen LogP) is 10.9. The first-order valence-electron chi connectivity index (χ1n) is 14.0. The van der Waals surface area contributed by atoms with E-state index >= 15 is 0 Å². The molecule has 0 saturated heterocycles. The number of hydrogen-bond acceptors (Lipinski definition) is 4. The summed E-state index contributed by atoms with van der Waals surface area (Å²) in [6.45, 7) is 4.28. The summed E-state index contributed by atoms with van der Waals surface area (Å²) in [6.07, 6.45) is 0. The summed E-state index contributed by atoms with van der Waals surface area (Å²) in [5.41, 5.74) is 10.6. The Kier molecular flexibility index (Phi) is 4.79. The fraction of sp³-hybridized carbons (Fsp3) is 0.0263. The highest BCUT2D eigenvalue weighted by molar-refractivity contribution is 6.14.